The summed E-state index contributed by atoms with van der Waals surface area (Å²) >= 11 is 0. The Morgan fingerprint density at radius 3 is 2.50 bits per heavy atom. The molecule has 182 valence electrons. The van der Waals surface area contributed by atoms with E-state index in [1.165, 1.54) is 64.3 Å². The van der Waals surface area contributed by atoms with E-state index in [1.54, 1.807) is 12.5 Å². The van der Waals surface area contributed by atoms with Crippen molar-refractivity contribution in [2.45, 2.75) is 44.6 Å². The van der Waals surface area contributed by atoms with Crippen LogP contribution in [0.1, 0.15) is 46.3 Å². The van der Waals surface area contributed by atoms with Gasteiger partial charge < -0.3 is 15.6 Å². The summed E-state index contributed by atoms with van der Waals surface area (Å²) in [4.78, 5) is 25.9. The normalized spacial score (nSPS) is 14.2. The molecule has 9 heteroatoms. The van der Waals surface area contributed by atoms with Crippen LogP contribution in [0.25, 0.3) is 0 Å². The van der Waals surface area contributed by atoms with Crippen molar-refractivity contribution in [1.29, 1.82) is 0 Å². The lowest BCUT2D eigenvalue weighted by molar-refractivity contribution is -0.130. The first kappa shape index (κ1) is 25.2. The SMILES string of the molecule is CN(C/C(N)=C/N(N)[C@@H](CC(=O)NO)Cc1ccc2c(c1)CCCC2)C(=O)c1ccc(F)cc1. The lowest BCUT2D eigenvalue weighted by Gasteiger charge is -2.27. The summed E-state index contributed by atoms with van der Waals surface area (Å²) in [5, 5.41) is 10.4. The van der Waals surface area contributed by atoms with Gasteiger partial charge in [0.2, 0.25) is 5.91 Å². The number of nitrogens with one attached hydrogen (secondary N) is 1. The van der Waals surface area contributed by atoms with Gasteiger partial charge in [-0.05, 0) is 73.1 Å². The monoisotopic (exact) mass is 469 g/mol. The Hall–Kier alpha value is -3.43. The molecule has 0 aromatic heterocycles. The molecule has 3 rings (SSSR count). The smallest absolute Gasteiger partial charge is 0.253 e. The molecule has 0 radical (unpaired) electrons. The molecule has 1 atom stereocenters. The number of fused-ring (bicyclic) bond motifs is 1. The largest absolute Gasteiger partial charge is 0.399 e. The molecule has 0 spiro atoms. The number of carbonyl (C=O) groups is 2. The Balaban J connectivity index is 1.69. The van der Waals surface area contributed by atoms with E-state index in [0.29, 0.717) is 17.7 Å². The number of nitrogens with two attached hydrogens (primary N) is 2. The fraction of sp³-hybridized carbons (Fsp3) is 0.360. The number of amides is 2. The van der Waals surface area contributed by atoms with Crippen LogP contribution >= 0.6 is 0 Å². The van der Waals surface area contributed by atoms with E-state index in [2.05, 4.69) is 12.1 Å². The van der Waals surface area contributed by atoms with Crippen LogP contribution in [0.5, 0.6) is 0 Å². The average Bonchev–Trinajstić information content (AvgIpc) is 2.83. The molecule has 8 nitrogen and oxygen atoms in total. The van der Waals surface area contributed by atoms with Crippen molar-refractivity contribution in [3.8, 4) is 0 Å². The topological polar surface area (TPSA) is 125 Å². The van der Waals surface area contributed by atoms with Crippen molar-refractivity contribution < 1.29 is 19.2 Å². The highest BCUT2D eigenvalue weighted by atomic mass is 19.1. The first-order chi connectivity index (χ1) is 16.3. The van der Waals surface area contributed by atoms with Crippen LogP contribution in [0.15, 0.2) is 54.4 Å². The Morgan fingerprint density at radius 1 is 1.15 bits per heavy atom. The molecule has 6 N–H and O–H groups in total. The van der Waals surface area contributed by atoms with E-state index in [9.17, 15) is 14.0 Å². The second-order valence-corrected chi connectivity index (χ2v) is 8.73. The fourth-order valence-electron chi connectivity index (χ4n) is 4.22. The van der Waals surface area contributed by atoms with Crippen molar-refractivity contribution in [1.82, 2.24) is 15.4 Å². The molecule has 0 unspecified atom stereocenters. The molecule has 34 heavy (non-hydrogen) atoms. The van der Waals surface area contributed by atoms with Gasteiger partial charge in [-0.25, -0.2) is 15.7 Å². The molecule has 0 heterocycles. The fourth-order valence-corrected chi connectivity index (χ4v) is 4.22. The second kappa shape index (κ2) is 11.6. The minimum absolute atomic E-state index is 0.0434. The number of aryl methyl sites for hydroxylation is 2. The lowest BCUT2D eigenvalue weighted by atomic mass is 9.89. The van der Waals surface area contributed by atoms with Crippen molar-refractivity contribution >= 4 is 11.8 Å². The molecule has 0 fully saturated rings. The number of likely N-dealkylation sites (N-methyl/N-ethyl adjacent to an activating group) is 1. The van der Waals surface area contributed by atoms with E-state index in [0.717, 1.165) is 18.4 Å². The quantitative estimate of drug-likeness (QED) is 0.254. The van der Waals surface area contributed by atoms with E-state index in [1.807, 2.05) is 6.07 Å². The van der Waals surface area contributed by atoms with Crippen molar-refractivity contribution in [3.63, 3.8) is 0 Å². The molecule has 2 aromatic carbocycles. The minimum Gasteiger partial charge on any atom is -0.399 e. The molecular weight excluding hydrogens is 437 g/mol. The predicted octanol–water partition coefficient (Wildman–Crippen LogP) is 2.26. The van der Waals surface area contributed by atoms with Gasteiger partial charge in [-0.1, -0.05) is 18.2 Å². The summed E-state index contributed by atoms with van der Waals surface area (Å²) in [6, 6.07) is 11.1. The number of carbonyl (C=O) groups excluding carboxylic acids is 2. The predicted molar refractivity (Wildman–Crippen MR) is 127 cm³/mol. The molecule has 0 bridgehead atoms. The van der Waals surface area contributed by atoms with E-state index in [4.69, 9.17) is 16.8 Å². The zero-order chi connectivity index (χ0) is 24.7. The summed E-state index contributed by atoms with van der Waals surface area (Å²) in [5.41, 5.74) is 12.2. The van der Waals surface area contributed by atoms with Crippen LogP contribution < -0.4 is 17.1 Å². The zero-order valence-electron chi connectivity index (χ0n) is 19.3. The highest BCUT2D eigenvalue weighted by molar-refractivity contribution is 5.94. The number of rotatable bonds is 9. The molecule has 1 aliphatic carbocycles. The van der Waals surface area contributed by atoms with E-state index >= 15 is 0 Å². The van der Waals surface area contributed by atoms with Gasteiger partial charge in [0, 0.05) is 24.5 Å². The van der Waals surface area contributed by atoms with Crippen molar-refractivity contribution in [3.05, 3.63) is 82.4 Å². The minimum atomic E-state index is -0.561. The first-order valence-electron chi connectivity index (χ1n) is 11.3. The summed E-state index contributed by atoms with van der Waals surface area (Å²) in [6.07, 6.45) is 6.41. The third kappa shape index (κ3) is 6.79. The third-order valence-corrected chi connectivity index (χ3v) is 6.02. The van der Waals surface area contributed by atoms with Gasteiger partial charge in [-0.3, -0.25) is 14.8 Å². The summed E-state index contributed by atoms with van der Waals surface area (Å²) in [5.74, 6) is 4.96. The molecule has 1 aliphatic rings. The molecule has 0 aliphatic heterocycles. The summed E-state index contributed by atoms with van der Waals surface area (Å²) < 4.78 is 13.1. The molecule has 0 saturated heterocycles. The Bertz CT molecular complexity index is 1040. The number of hydrogen-bond donors (Lipinski definition) is 4. The highest BCUT2D eigenvalue weighted by Crippen LogP contribution is 2.23. The highest BCUT2D eigenvalue weighted by Gasteiger charge is 2.20. The van der Waals surface area contributed by atoms with Crippen molar-refractivity contribution in [2.75, 3.05) is 13.6 Å². The third-order valence-electron chi connectivity index (χ3n) is 6.02. The van der Waals surface area contributed by atoms with Crippen LogP contribution in [-0.2, 0) is 24.1 Å². The van der Waals surface area contributed by atoms with Gasteiger partial charge in [0.1, 0.15) is 5.82 Å². The zero-order valence-corrected chi connectivity index (χ0v) is 19.3. The number of nitrogens with zero attached hydrogens (tertiary/aromatic N) is 2. The number of hydrogen-bond acceptors (Lipinski definition) is 6. The van der Waals surface area contributed by atoms with Gasteiger partial charge in [-0.15, -0.1) is 0 Å². The molecule has 2 aromatic rings. The maximum atomic E-state index is 13.1. The van der Waals surface area contributed by atoms with Gasteiger partial charge >= 0.3 is 0 Å². The number of halogens is 1. The van der Waals surface area contributed by atoms with Gasteiger partial charge in [0.25, 0.3) is 5.91 Å². The van der Waals surface area contributed by atoms with Crippen LogP contribution in [0.3, 0.4) is 0 Å². The van der Waals surface area contributed by atoms with Crippen molar-refractivity contribution in [2.24, 2.45) is 11.6 Å². The Morgan fingerprint density at radius 2 is 1.82 bits per heavy atom. The lowest BCUT2D eigenvalue weighted by Crippen LogP contribution is -2.42. The van der Waals surface area contributed by atoms with Gasteiger partial charge in [-0.2, -0.15) is 0 Å². The van der Waals surface area contributed by atoms with Gasteiger partial charge in [0.15, 0.2) is 0 Å². The Kier molecular flexibility index (Phi) is 8.61. The van der Waals surface area contributed by atoms with Crippen LogP contribution in [0, 0.1) is 5.82 Å². The standard InChI is InChI=1S/C25H32FN5O3/c1-30(25(33)19-8-10-21(26)11-9-19)15-22(27)16-31(28)23(14-24(32)29-34)13-17-6-7-18-4-2-3-5-20(18)12-17/h6-12,16,23,34H,2-5,13-15,27-28H2,1H3,(H,29,32)/b22-16-/t23-/m1/s1. The summed E-state index contributed by atoms with van der Waals surface area (Å²) in [7, 11) is 1.58. The van der Waals surface area contributed by atoms with E-state index in [-0.39, 0.29) is 18.9 Å². The maximum absolute atomic E-state index is 13.1. The number of hydroxylamine groups is 1. The maximum Gasteiger partial charge on any atom is 0.253 e. The Labute approximate surface area is 198 Å². The number of hydrazine groups is 1. The molecular formula is C25H32FN5O3. The first-order valence-corrected chi connectivity index (χ1v) is 11.3. The van der Waals surface area contributed by atoms with E-state index < -0.39 is 17.8 Å². The second-order valence-electron chi connectivity index (χ2n) is 8.73. The average molecular weight is 470 g/mol. The van der Waals surface area contributed by atoms with Gasteiger partial charge in [0.05, 0.1) is 19.0 Å². The number of benzene rings is 2. The van der Waals surface area contributed by atoms with Crippen LogP contribution in [-0.4, -0.2) is 46.6 Å². The van der Waals surface area contributed by atoms with Crippen LogP contribution in [0.4, 0.5) is 4.39 Å². The molecule has 0 saturated carbocycles. The molecule has 2 amide bonds. The summed E-state index contributed by atoms with van der Waals surface area (Å²) in [6.45, 7) is 0.0850. The van der Waals surface area contributed by atoms with Crippen LogP contribution in [0.2, 0.25) is 0 Å².